The van der Waals surface area contributed by atoms with Gasteiger partial charge in [0.2, 0.25) is 0 Å². The van der Waals surface area contributed by atoms with Crippen LogP contribution >= 0.6 is 11.6 Å². The maximum atomic E-state index is 6.30. The van der Waals surface area contributed by atoms with Crippen molar-refractivity contribution in [2.24, 2.45) is 0 Å². The van der Waals surface area contributed by atoms with Gasteiger partial charge in [0.05, 0.1) is 0 Å². The number of fused-ring (bicyclic) bond motifs is 1. The summed E-state index contributed by atoms with van der Waals surface area (Å²) in [5.74, 6) is 0.734. The SMILES string of the molecule is CCOC(C)(CC)c1nc(Cl)c2c(n1)CCCC2. The van der Waals surface area contributed by atoms with Crippen molar-refractivity contribution in [1.29, 1.82) is 0 Å². The molecule has 1 unspecified atom stereocenters. The maximum Gasteiger partial charge on any atom is 0.161 e. The molecular weight excluding hydrogens is 248 g/mol. The van der Waals surface area contributed by atoms with E-state index in [9.17, 15) is 0 Å². The van der Waals surface area contributed by atoms with Crippen LogP contribution in [-0.2, 0) is 23.2 Å². The van der Waals surface area contributed by atoms with Gasteiger partial charge in [-0.2, -0.15) is 0 Å². The fourth-order valence-electron chi connectivity index (χ4n) is 2.43. The average molecular weight is 269 g/mol. The molecular formula is C14H21ClN2O. The molecule has 0 spiro atoms. The Labute approximate surface area is 114 Å². The third-order valence-electron chi connectivity index (χ3n) is 3.74. The quantitative estimate of drug-likeness (QED) is 0.782. The molecule has 1 heterocycles. The highest BCUT2D eigenvalue weighted by Gasteiger charge is 2.30. The van der Waals surface area contributed by atoms with E-state index >= 15 is 0 Å². The average Bonchev–Trinajstić information content (AvgIpc) is 2.39. The van der Waals surface area contributed by atoms with Crippen LogP contribution in [0, 0.1) is 0 Å². The molecule has 0 fully saturated rings. The number of hydrogen-bond acceptors (Lipinski definition) is 3. The van der Waals surface area contributed by atoms with Crippen molar-refractivity contribution < 1.29 is 4.74 Å². The molecule has 0 radical (unpaired) electrons. The molecule has 4 heteroatoms. The van der Waals surface area contributed by atoms with Crippen molar-refractivity contribution in [3.05, 3.63) is 22.2 Å². The van der Waals surface area contributed by atoms with E-state index in [0.717, 1.165) is 36.3 Å². The number of aryl methyl sites for hydroxylation is 1. The fraction of sp³-hybridized carbons (Fsp3) is 0.714. The molecule has 1 aromatic heterocycles. The molecule has 0 N–H and O–H groups in total. The molecule has 1 aromatic rings. The molecule has 0 saturated carbocycles. The Morgan fingerprint density at radius 2 is 1.94 bits per heavy atom. The summed E-state index contributed by atoms with van der Waals surface area (Å²) in [6.07, 6.45) is 5.24. The highest BCUT2D eigenvalue weighted by Crippen LogP contribution is 2.31. The Bertz CT molecular complexity index is 436. The van der Waals surface area contributed by atoms with E-state index in [1.54, 1.807) is 0 Å². The van der Waals surface area contributed by atoms with Crippen LogP contribution in [0.4, 0.5) is 0 Å². The van der Waals surface area contributed by atoms with Gasteiger partial charge in [0.1, 0.15) is 10.8 Å². The van der Waals surface area contributed by atoms with Gasteiger partial charge in [0.25, 0.3) is 0 Å². The molecule has 0 aromatic carbocycles. The fourth-order valence-corrected chi connectivity index (χ4v) is 2.71. The van der Waals surface area contributed by atoms with Crippen molar-refractivity contribution in [2.75, 3.05) is 6.61 Å². The number of ether oxygens (including phenoxy) is 1. The van der Waals surface area contributed by atoms with Gasteiger partial charge < -0.3 is 4.74 Å². The standard InChI is InChI=1S/C14H21ClN2O/c1-4-14(3,18-5-2)13-16-11-9-7-6-8-10(11)12(15)17-13/h4-9H2,1-3H3. The number of hydrogen-bond donors (Lipinski definition) is 0. The predicted octanol–water partition coefficient (Wildman–Crippen LogP) is 3.67. The summed E-state index contributed by atoms with van der Waals surface area (Å²) in [4.78, 5) is 9.19. The number of nitrogens with zero attached hydrogens (tertiary/aromatic N) is 2. The molecule has 2 rings (SSSR count). The first-order valence-corrected chi connectivity index (χ1v) is 7.18. The summed E-state index contributed by atoms with van der Waals surface area (Å²) in [6.45, 7) is 6.78. The van der Waals surface area contributed by atoms with Gasteiger partial charge in [0, 0.05) is 17.9 Å². The van der Waals surface area contributed by atoms with Gasteiger partial charge in [-0.25, -0.2) is 9.97 Å². The first-order chi connectivity index (χ1) is 8.60. The highest BCUT2D eigenvalue weighted by molar-refractivity contribution is 6.30. The lowest BCUT2D eigenvalue weighted by Gasteiger charge is -2.28. The lowest BCUT2D eigenvalue weighted by Crippen LogP contribution is -2.29. The molecule has 1 aliphatic rings. The van der Waals surface area contributed by atoms with Gasteiger partial charge in [0.15, 0.2) is 5.82 Å². The lowest BCUT2D eigenvalue weighted by atomic mass is 9.96. The highest BCUT2D eigenvalue weighted by atomic mass is 35.5. The molecule has 3 nitrogen and oxygen atoms in total. The molecule has 0 aliphatic heterocycles. The van der Waals surface area contributed by atoms with Crippen LogP contribution in [0.15, 0.2) is 0 Å². The van der Waals surface area contributed by atoms with E-state index in [-0.39, 0.29) is 0 Å². The molecule has 0 saturated heterocycles. The summed E-state index contributed by atoms with van der Waals surface area (Å²) in [6, 6.07) is 0. The summed E-state index contributed by atoms with van der Waals surface area (Å²) in [7, 11) is 0. The second-order valence-corrected chi connectivity index (χ2v) is 5.35. The van der Waals surface area contributed by atoms with Crippen molar-refractivity contribution in [1.82, 2.24) is 9.97 Å². The van der Waals surface area contributed by atoms with Crippen molar-refractivity contribution in [2.45, 2.75) is 58.5 Å². The van der Waals surface area contributed by atoms with Crippen LogP contribution in [0.1, 0.15) is 57.1 Å². The van der Waals surface area contributed by atoms with Crippen LogP contribution in [-0.4, -0.2) is 16.6 Å². The van der Waals surface area contributed by atoms with Gasteiger partial charge >= 0.3 is 0 Å². The minimum atomic E-state index is -0.426. The third-order valence-corrected chi connectivity index (χ3v) is 4.06. The first kappa shape index (κ1) is 13.8. The van der Waals surface area contributed by atoms with E-state index in [1.165, 1.54) is 12.8 Å². The van der Waals surface area contributed by atoms with Crippen molar-refractivity contribution in [3.63, 3.8) is 0 Å². The summed E-state index contributed by atoms with van der Waals surface area (Å²) in [5.41, 5.74) is 1.84. The topological polar surface area (TPSA) is 35.0 Å². The minimum absolute atomic E-state index is 0.426. The smallest absolute Gasteiger partial charge is 0.161 e. The van der Waals surface area contributed by atoms with E-state index in [4.69, 9.17) is 21.3 Å². The van der Waals surface area contributed by atoms with Crippen LogP contribution in [0.2, 0.25) is 5.15 Å². The van der Waals surface area contributed by atoms with Gasteiger partial charge in [-0.3, -0.25) is 0 Å². The summed E-state index contributed by atoms with van der Waals surface area (Å²) in [5, 5.41) is 0.620. The summed E-state index contributed by atoms with van der Waals surface area (Å²) < 4.78 is 5.83. The number of rotatable bonds is 4. The Hall–Kier alpha value is -0.670. The minimum Gasteiger partial charge on any atom is -0.368 e. The molecule has 0 amide bonds. The van der Waals surface area contributed by atoms with Crippen LogP contribution in [0.3, 0.4) is 0 Å². The second kappa shape index (κ2) is 5.54. The van der Waals surface area contributed by atoms with Crippen molar-refractivity contribution in [3.8, 4) is 0 Å². The van der Waals surface area contributed by atoms with Gasteiger partial charge in [-0.15, -0.1) is 0 Å². The molecule has 18 heavy (non-hydrogen) atoms. The van der Waals surface area contributed by atoms with E-state index in [0.29, 0.717) is 11.8 Å². The van der Waals surface area contributed by atoms with Crippen LogP contribution in [0.25, 0.3) is 0 Å². The largest absolute Gasteiger partial charge is 0.368 e. The predicted molar refractivity (Wildman–Crippen MR) is 73.0 cm³/mol. The summed E-state index contributed by atoms with van der Waals surface area (Å²) >= 11 is 6.30. The number of aromatic nitrogens is 2. The molecule has 0 bridgehead atoms. The zero-order chi connectivity index (χ0) is 13.2. The Morgan fingerprint density at radius 3 is 2.61 bits per heavy atom. The normalized spacial score (nSPS) is 18.2. The zero-order valence-electron chi connectivity index (χ0n) is 11.4. The maximum absolute atomic E-state index is 6.30. The van der Waals surface area contributed by atoms with E-state index < -0.39 is 5.60 Å². The Balaban J connectivity index is 2.42. The van der Waals surface area contributed by atoms with E-state index in [2.05, 4.69) is 11.9 Å². The van der Waals surface area contributed by atoms with Crippen LogP contribution < -0.4 is 0 Å². The zero-order valence-corrected chi connectivity index (χ0v) is 12.2. The first-order valence-electron chi connectivity index (χ1n) is 6.80. The number of halogens is 1. The Morgan fingerprint density at radius 1 is 1.22 bits per heavy atom. The van der Waals surface area contributed by atoms with Crippen LogP contribution in [0.5, 0.6) is 0 Å². The molecule has 100 valence electrons. The Kier molecular flexibility index (Phi) is 4.23. The van der Waals surface area contributed by atoms with E-state index in [1.807, 2.05) is 13.8 Å². The monoisotopic (exact) mass is 268 g/mol. The van der Waals surface area contributed by atoms with Gasteiger partial charge in [-0.1, -0.05) is 18.5 Å². The third kappa shape index (κ3) is 2.52. The lowest BCUT2D eigenvalue weighted by molar-refractivity contribution is -0.0392. The second-order valence-electron chi connectivity index (χ2n) is 4.99. The van der Waals surface area contributed by atoms with Crippen molar-refractivity contribution >= 4 is 11.6 Å². The van der Waals surface area contributed by atoms with Gasteiger partial charge in [-0.05, 0) is 46.0 Å². The molecule has 1 aliphatic carbocycles. The molecule has 1 atom stereocenters.